The van der Waals surface area contributed by atoms with Crippen molar-refractivity contribution in [3.8, 4) is 0 Å². The van der Waals surface area contributed by atoms with E-state index in [0.717, 1.165) is 5.56 Å². The third-order valence-electron chi connectivity index (χ3n) is 3.55. The summed E-state index contributed by atoms with van der Waals surface area (Å²) in [6.07, 6.45) is -0.504. The van der Waals surface area contributed by atoms with Crippen molar-refractivity contribution in [1.29, 1.82) is 0 Å². The molecule has 0 radical (unpaired) electrons. The van der Waals surface area contributed by atoms with Crippen LogP contribution in [0.4, 0.5) is 4.79 Å². The van der Waals surface area contributed by atoms with E-state index in [1.807, 2.05) is 58.0 Å². The molecule has 0 aliphatic carbocycles. The number of hydrogen-bond donors (Lipinski definition) is 1. The van der Waals surface area contributed by atoms with Gasteiger partial charge in [-0.1, -0.05) is 58.0 Å². The van der Waals surface area contributed by atoms with Gasteiger partial charge in [0, 0.05) is 11.3 Å². The molecule has 1 aromatic carbocycles. The number of benzene rings is 1. The van der Waals surface area contributed by atoms with E-state index in [0.29, 0.717) is 6.61 Å². The molecule has 0 saturated heterocycles. The lowest BCUT2D eigenvalue weighted by molar-refractivity contribution is -0.131. The van der Waals surface area contributed by atoms with Crippen molar-refractivity contribution in [3.63, 3.8) is 0 Å². The second kappa shape index (κ2) is 7.25. The van der Waals surface area contributed by atoms with Gasteiger partial charge < -0.3 is 10.1 Å². The monoisotopic (exact) mass is 291 g/mol. The summed E-state index contributed by atoms with van der Waals surface area (Å²) in [5, 5.41) is 2.83. The number of amides is 1. The van der Waals surface area contributed by atoms with Crippen molar-refractivity contribution in [1.82, 2.24) is 5.32 Å². The first-order valence-electron chi connectivity index (χ1n) is 7.33. The molecule has 1 unspecified atom stereocenters. The first-order chi connectivity index (χ1) is 9.80. The van der Waals surface area contributed by atoms with E-state index in [-0.39, 0.29) is 11.7 Å². The summed E-state index contributed by atoms with van der Waals surface area (Å²) in [4.78, 5) is 24.3. The van der Waals surface area contributed by atoms with Gasteiger partial charge in [-0.05, 0) is 12.5 Å². The van der Waals surface area contributed by atoms with Crippen molar-refractivity contribution in [2.24, 2.45) is 11.3 Å². The van der Waals surface area contributed by atoms with Crippen LogP contribution in [-0.2, 0) is 9.53 Å². The maximum atomic E-state index is 12.5. The highest BCUT2D eigenvalue weighted by Gasteiger charge is 2.39. The molecule has 1 aromatic rings. The van der Waals surface area contributed by atoms with Crippen LogP contribution in [0.5, 0.6) is 0 Å². The van der Waals surface area contributed by atoms with E-state index in [1.54, 1.807) is 6.92 Å². The topological polar surface area (TPSA) is 55.4 Å². The van der Waals surface area contributed by atoms with E-state index in [1.165, 1.54) is 0 Å². The largest absolute Gasteiger partial charge is 0.450 e. The number of rotatable bonds is 6. The first-order valence-corrected chi connectivity index (χ1v) is 7.33. The minimum atomic E-state index is -0.720. The third kappa shape index (κ3) is 4.31. The Hall–Kier alpha value is -1.84. The van der Waals surface area contributed by atoms with Gasteiger partial charge in [-0.3, -0.25) is 4.79 Å². The van der Waals surface area contributed by atoms with Gasteiger partial charge in [-0.15, -0.1) is 0 Å². The van der Waals surface area contributed by atoms with Crippen LogP contribution in [0.25, 0.3) is 0 Å². The molecule has 116 valence electrons. The Labute approximate surface area is 126 Å². The molecular formula is C17H25NO3. The Balaban J connectivity index is 3.13. The molecule has 0 aliphatic heterocycles. The Kier molecular flexibility index (Phi) is 5.94. The standard InChI is InChI=1S/C17H25NO3/c1-6-21-16(20)18-14(13-10-8-7-9-11-13)17(4,5)15(19)12(2)3/h7-12,14H,6H2,1-5H3,(H,18,20). The molecule has 1 atom stereocenters. The number of nitrogens with one attached hydrogen (secondary N) is 1. The summed E-state index contributed by atoms with van der Waals surface area (Å²) in [6.45, 7) is 9.51. The highest BCUT2D eigenvalue weighted by atomic mass is 16.5. The lowest BCUT2D eigenvalue weighted by atomic mass is 9.73. The highest BCUT2D eigenvalue weighted by molar-refractivity contribution is 5.87. The van der Waals surface area contributed by atoms with Crippen LogP contribution < -0.4 is 5.32 Å². The van der Waals surface area contributed by atoms with Crippen molar-refractivity contribution >= 4 is 11.9 Å². The normalized spacial score (nSPS) is 12.9. The summed E-state index contributed by atoms with van der Waals surface area (Å²) in [5.41, 5.74) is 0.173. The van der Waals surface area contributed by atoms with Gasteiger partial charge in [0.15, 0.2) is 0 Å². The summed E-state index contributed by atoms with van der Waals surface area (Å²) in [7, 11) is 0. The number of Topliss-reactive ketones (excluding diaryl/α,β-unsaturated/α-hetero) is 1. The maximum Gasteiger partial charge on any atom is 0.407 e. The molecular weight excluding hydrogens is 266 g/mol. The molecule has 1 N–H and O–H groups in total. The van der Waals surface area contributed by atoms with Crippen LogP contribution in [0.15, 0.2) is 30.3 Å². The minimum absolute atomic E-state index is 0.102. The smallest absolute Gasteiger partial charge is 0.407 e. The average Bonchev–Trinajstić information content (AvgIpc) is 2.44. The van der Waals surface area contributed by atoms with Crippen LogP contribution in [0.3, 0.4) is 0 Å². The van der Waals surface area contributed by atoms with Gasteiger partial charge >= 0.3 is 6.09 Å². The fraction of sp³-hybridized carbons (Fsp3) is 0.529. The molecule has 21 heavy (non-hydrogen) atoms. The lowest BCUT2D eigenvalue weighted by Gasteiger charge is -2.35. The predicted octanol–water partition coefficient (Wildman–Crippen LogP) is 3.73. The van der Waals surface area contributed by atoms with E-state index in [4.69, 9.17) is 4.74 Å². The Morgan fingerprint density at radius 3 is 2.24 bits per heavy atom. The van der Waals surface area contributed by atoms with Gasteiger partial charge in [0.1, 0.15) is 5.78 Å². The molecule has 0 fully saturated rings. The molecule has 1 rings (SSSR count). The molecule has 0 spiro atoms. The molecule has 0 heterocycles. The van der Waals surface area contributed by atoms with E-state index in [2.05, 4.69) is 5.32 Å². The van der Waals surface area contributed by atoms with Crippen LogP contribution in [0.2, 0.25) is 0 Å². The Bertz CT molecular complexity index is 480. The number of ketones is 1. The number of hydrogen-bond acceptors (Lipinski definition) is 3. The average molecular weight is 291 g/mol. The van der Waals surface area contributed by atoms with Crippen LogP contribution in [0.1, 0.15) is 46.2 Å². The van der Waals surface area contributed by atoms with E-state index < -0.39 is 17.6 Å². The molecule has 1 amide bonds. The summed E-state index contributed by atoms with van der Waals surface area (Å²) in [5.74, 6) is 0.00311. The maximum absolute atomic E-state index is 12.5. The summed E-state index contributed by atoms with van der Waals surface area (Å²) in [6, 6.07) is 9.09. The second-order valence-electron chi connectivity index (χ2n) is 5.95. The summed E-state index contributed by atoms with van der Waals surface area (Å²) >= 11 is 0. The first kappa shape index (κ1) is 17.2. The van der Waals surface area contributed by atoms with Crippen LogP contribution in [0, 0.1) is 11.3 Å². The number of ether oxygens (including phenoxy) is 1. The van der Waals surface area contributed by atoms with Gasteiger partial charge in [-0.25, -0.2) is 4.79 Å². The Morgan fingerprint density at radius 1 is 1.19 bits per heavy atom. The van der Waals surface area contributed by atoms with Crippen molar-refractivity contribution in [2.45, 2.75) is 40.7 Å². The Morgan fingerprint density at radius 2 is 1.76 bits per heavy atom. The van der Waals surface area contributed by atoms with Gasteiger partial charge in [0.25, 0.3) is 0 Å². The van der Waals surface area contributed by atoms with E-state index >= 15 is 0 Å². The van der Waals surface area contributed by atoms with Crippen molar-refractivity contribution in [2.75, 3.05) is 6.61 Å². The molecule has 0 saturated carbocycles. The van der Waals surface area contributed by atoms with Gasteiger partial charge in [0.2, 0.25) is 0 Å². The number of carbonyl (C=O) groups excluding carboxylic acids is 2. The van der Waals surface area contributed by atoms with E-state index in [9.17, 15) is 9.59 Å². The molecule has 0 aliphatic rings. The minimum Gasteiger partial charge on any atom is -0.450 e. The zero-order valence-corrected chi connectivity index (χ0v) is 13.5. The predicted molar refractivity (Wildman–Crippen MR) is 83.0 cm³/mol. The fourth-order valence-corrected chi connectivity index (χ4v) is 2.50. The molecule has 0 aromatic heterocycles. The molecule has 0 bridgehead atoms. The van der Waals surface area contributed by atoms with Crippen LogP contribution in [-0.4, -0.2) is 18.5 Å². The molecule has 4 nitrogen and oxygen atoms in total. The quantitative estimate of drug-likeness (QED) is 0.869. The summed E-state index contributed by atoms with van der Waals surface area (Å²) < 4.78 is 4.97. The fourth-order valence-electron chi connectivity index (χ4n) is 2.50. The highest BCUT2D eigenvalue weighted by Crippen LogP contribution is 2.36. The second-order valence-corrected chi connectivity index (χ2v) is 5.95. The van der Waals surface area contributed by atoms with Gasteiger partial charge in [0.05, 0.1) is 12.6 Å². The zero-order valence-electron chi connectivity index (χ0n) is 13.5. The number of carbonyl (C=O) groups is 2. The zero-order chi connectivity index (χ0) is 16.0. The van der Waals surface area contributed by atoms with Crippen molar-refractivity contribution < 1.29 is 14.3 Å². The molecule has 4 heteroatoms. The van der Waals surface area contributed by atoms with Crippen molar-refractivity contribution in [3.05, 3.63) is 35.9 Å². The third-order valence-corrected chi connectivity index (χ3v) is 3.55. The SMILES string of the molecule is CCOC(=O)NC(c1ccccc1)C(C)(C)C(=O)C(C)C. The van der Waals surface area contributed by atoms with Crippen LogP contribution >= 0.6 is 0 Å². The van der Waals surface area contributed by atoms with Gasteiger partial charge in [-0.2, -0.15) is 0 Å². The lowest BCUT2D eigenvalue weighted by Crippen LogP contribution is -2.44. The number of alkyl carbamates (subject to hydrolysis) is 1.